The van der Waals surface area contributed by atoms with Crippen LogP contribution in [-0.2, 0) is 0 Å². The minimum absolute atomic E-state index is 0. The van der Waals surface area contributed by atoms with E-state index in [1.54, 1.807) is 0 Å². The molecule has 0 amide bonds. The third-order valence-corrected chi connectivity index (χ3v) is 8.11. The zero-order chi connectivity index (χ0) is 20.9. The molecule has 0 N–H and O–H groups in total. The SMILES string of the molecule is CCCCCCCCC(C)C(P)(CCCCCCCC)CCCCCCCC.Cl. The zero-order valence-corrected chi connectivity index (χ0v) is 22.9. The first-order valence-corrected chi connectivity index (χ1v) is 14.0. The molecule has 0 nitrogen and oxygen atoms in total. The highest BCUT2D eigenvalue weighted by Crippen LogP contribution is 2.41. The molecule has 0 aliphatic rings. The molecule has 178 valence electrons. The van der Waals surface area contributed by atoms with Crippen molar-refractivity contribution in [3.63, 3.8) is 0 Å². The van der Waals surface area contributed by atoms with Crippen molar-refractivity contribution in [3.05, 3.63) is 0 Å². The average molecular weight is 449 g/mol. The van der Waals surface area contributed by atoms with Crippen molar-refractivity contribution >= 4 is 21.6 Å². The lowest BCUT2D eigenvalue weighted by Crippen LogP contribution is -2.29. The van der Waals surface area contributed by atoms with Crippen molar-refractivity contribution < 1.29 is 0 Å². The molecular formula is C27H58ClP. The van der Waals surface area contributed by atoms with Gasteiger partial charge in [0.2, 0.25) is 0 Å². The number of hydrogen-bond donors (Lipinski definition) is 0. The topological polar surface area (TPSA) is 0 Å². The molecule has 0 aromatic rings. The Morgan fingerprint density at radius 2 is 0.828 bits per heavy atom. The van der Waals surface area contributed by atoms with Gasteiger partial charge in [0.05, 0.1) is 0 Å². The second-order valence-corrected chi connectivity index (χ2v) is 10.9. The predicted molar refractivity (Wildman–Crippen MR) is 143 cm³/mol. The molecule has 0 aromatic carbocycles. The summed E-state index contributed by atoms with van der Waals surface area (Å²) < 4.78 is 0. The standard InChI is InChI=1S/C27H57P.ClH/c1-5-8-11-14-17-20-23-26(4)27(28,24-21-18-15-12-9-6-2)25-22-19-16-13-10-7-3;/h26H,5-25,28H2,1-4H3;1H. The van der Waals surface area contributed by atoms with Gasteiger partial charge >= 0.3 is 0 Å². The van der Waals surface area contributed by atoms with Gasteiger partial charge < -0.3 is 0 Å². The molecule has 0 aliphatic carbocycles. The quantitative estimate of drug-likeness (QED) is 0.114. The molecular weight excluding hydrogens is 391 g/mol. The smallest absolute Gasteiger partial charge is 0.0125 e. The fourth-order valence-corrected chi connectivity index (χ4v) is 5.18. The number of halogens is 1. The Bertz CT molecular complexity index is 289. The van der Waals surface area contributed by atoms with Gasteiger partial charge in [0, 0.05) is 0 Å². The first-order chi connectivity index (χ1) is 13.6. The summed E-state index contributed by atoms with van der Waals surface area (Å²) in [5, 5.41) is 0.513. The van der Waals surface area contributed by atoms with Gasteiger partial charge in [-0.2, -0.15) is 0 Å². The first-order valence-electron chi connectivity index (χ1n) is 13.4. The maximum Gasteiger partial charge on any atom is -0.0125 e. The highest BCUT2D eigenvalue weighted by Gasteiger charge is 2.29. The molecule has 2 atom stereocenters. The Balaban J connectivity index is 0. The summed E-state index contributed by atoms with van der Waals surface area (Å²) in [6.45, 7) is 9.51. The van der Waals surface area contributed by atoms with Crippen LogP contribution in [0.5, 0.6) is 0 Å². The molecule has 0 radical (unpaired) electrons. The van der Waals surface area contributed by atoms with E-state index in [1.165, 1.54) is 135 Å². The summed E-state index contributed by atoms with van der Waals surface area (Å²) in [5.74, 6) is 0.870. The van der Waals surface area contributed by atoms with E-state index in [2.05, 4.69) is 36.9 Å². The van der Waals surface area contributed by atoms with Gasteiger partial charge in [-0.1, -0.05) is 143 Å². The Labute approximate surface area is 195 Å². The van der Waals surface area contributed by atoms with Crippen LogP contribution in [0.15, 0.2) is 0 Å². The lowest BCUT2D eigenvalue weighted by Gasteiger charge is -2.36. The van der Waals surface area contributed by atoms with Crippen LogP contribution in [0.2, 0.25) is 0 Å². The van der Waals surface area contributed by atoms with Crippen molar-refractivity contribution in [2.24, 2.45) is 5.92 Å². The molecule has 0 saturated carbocycles. The van der Waals surface area contributed by atoms with E-state index in [-0.39, 0.29) is 12.4 Å². The lowest BCUT2D eigenvalue weighted by molar-refractivity contribution is 0.311. The van der Waals surface area contributed by atoms with Gasteiger partial charge in [0.25, 0.3) is 0 Å². The monoisotopic (exact) mass is 448 g/mol. The Kier molecular flexibility index (Phi) is 25.7. The number of unbranched alkanes of at least 4 members (excludes halogenated alkanes) is 15. The molecule has 0 aliphatic heterocycles. The number of rotatable bonds is 22. The molecule has 2 heteroatoms. The third-order valence-electron chi connectivity index (χ3n) is 6.96. The molecule has 0 fully saturated rings. The van der Waals surface area contributed by atoms with Crippen LogP contribution < -0.4 is 0 Å². The van der Waals surface area contributed by atoms with Gasteiger partial charge in [-0.15, -0.1) is 21.6 Å². The maximum atomic E-state index is 3.39. The van der Waals surface area contributed by atoms with E-state index in [0.29, 0.717) is 5.16 Å². The van der Waals surface area contributed by atoms with E-state index in [4.69, 9.17) is 0 Å². The fourth-order valence-electron chi connectivity index (χ4n) is 4.61. The largest absolute Gasteiger partial charge is 0.147 e. The summed E-state index contributed by atoms with van der Waals surface area (Å²) in [7, 11) is 3.39. The summed E-state index contributed by atoms with van der Waals surface area (Å²) in [6, 6.07) is 0. The summed E-state index contributed by atoms with van der Waals surface area (Å²) in [5.41, 5.74) is 0. The molecule has 0 aromatic heterocycles. The first kappa shape index (κ1) is 31.9. The highest BCUT2D eigenvalue weighted by atomic mass is 35.5. The van der Waals surface area contributed by atoms with Gasteiger partial charge in [0.1, 0.15) is 0 Å². The van der Waals surface area contributed by atoms with Crippen LogP contribution in [0.1, 0.15) is 163 Å². The molecule has 0 saturated heterocycles. The zero-order valence-electron chi connectivity index (χ0n) is 20.9. The van der Waals surface area contributed by atoms with Crippen molar-refractivity contribution in [1.29, 1.82) is 0 Å². The van der Waals surface area contributed by atoms with Crippen LogP contribution in [0, 0.1) is 5.92 Å². The Morgan fingerprint density at radius 3 is 1.21 bits per heavy atom. The van der Waals surface area contributed by atoms with Crippen molar-refractivity contribution in [2.45, 2.75) is 168 Å². The van der Waals surface area contributed by atoms with E-state index >= 15 is 0 Å². The van der Waals surface area contributed by atoms with Crippen LogP contribution in [0.3, 0.4) is 0 Å². The molecule has 29 heavy (non-hydrogen) atoms. The van der Waals surface area contributed by atoms with Gasteiger partial charge in [-0.05, 0) is 30.3 Å². The second kappa shape index (κ2) is 23.4. The van der Waals surface area contributed by atoms with Crippen LogP contribution in [-0.4, -0.2) is 5.16 Å². The van der Waals surface area contributed by atoms with E-state index < -0.39 is 0 Å². The minimum Gasteiger partial charge on any atom is -0.147 e. The molecule has 0 heterocycles. The van der Waals surface area contributed by atoms with Crippen molar-refractivity contribution in [3.8, 4) is 0 Å². The van der Waals surface area contributed by atoms with Crippen molar-refractivity contribution in [1.82, 2.24) is 0 Å². The molecule has 0 rings (SSSR count). The average Bonchev–Trinajstić information content (AvgIpc) is 2.69. The van der Waals surface area contributed by atoms with E-state index in [9.17, 15) is 0 Å². The molecule has 0 spiro atoms. The lowest BCUT2D eigenvalue weighted by atomic mass is 9.80. The van der Waals surface area contributed by atoms with E-state index in [1.807, 2.05) is 0 Å². The summed E-state index contributed by atoms with van der Waals surface area (Å²) >= 11 is 0. The van der Waals surface area contributed by atoms with Crippen molar-refractivity contribution in [2.75, 3.05) is 0 Å². The highest BCUT2D eigenvalue weighted by molar-refractivity contribution is 7.19. The van der Waals surface area contributed by atoms with Gasteiger partial charge in [0.15, 0.2) is 0 Å². The van der Waals surface area contributed by atoms with Gasteiger partial charge in [-0.3, -0.25) is 0 Å². The minimum atomic E-state index is 0. The Hall–Kier alpha value is 0.720. The van der Waals surface area contributed by atoms with E-state index in [0.717, 1.165) is 5.92 Å². The van der Waals surface area contributed by atoms with Crippen LogP contribution >= 0.6 is 21.6 Å². The summed E-state index contributed by atoms with van der Waals surface area (Å²) in [4.78, 5) is 0. The molecule has 2 unspecified atom stereocenters. The van der Waals surface area contributed by atoms with Crippen LogP contribution in [0.25, 0.3) is 0 Å². The normalized spacial score (nSPS) is 12.7. The second-order valence-electron chi connectivity index (χ2n) is 9.73. The fraction of sp³-hybridized carbons (Fsp3) is 1.00. The third kappa shape index (κ3) is 19.2. The van der Waals surface area contributed by atoms with Crippen LogP contribution in [0.4, 0.5) is 0 Å². The predicted octanol–water partition coefficient (Wildman–Crippen LogP) is 10.9. The maximum absolute atomic E-state index is 3.39. The number of hydrogen-bond acceptors (Lipinski definition) is 0. The van der Waals surface area contributed by atoms with Gasteiger partial charge in [-0.25, -0.2) is 0 Å². The summed E-state index contributed by atoms with van der Waals surface area (Å²) in [6.07, 6.45) is 30.1. The Morgan fingerprint density at radius 1 is 0.517 bits per heavy atom. The molecule has 0 bridgehead atoms.